The molecule has 0 radical (unpaired) electrons. The first-order chi connectivity index (χ1) is 12.7. The van der Waals surface area contributed by atoms with Gasteiger partial charge in [-0.05, 0) is 31.0 Å². The molecular formula is C17H20N2O7S. The van der Waals surface area contributed by atoms with Crippen molar-refractivity contribution in [3.8, 4) is 0 Å². The van der Waals surface area contributed by atoms with Crippen LogP contribution in [0.15, 0.2) is 35.2 Å². The summed E-state index contributed by atoms with van der Waals surface area (Å²) >= 11 is 0. The maximum atomic E-state index is 11.4. The summed E-state index contributed by atoms with van der Waals surface area (Å²) in [5.41, 5.74) is -0.115. The molecule has 9 nitrogen and oxygen atoms in total. The Kier molecular flexibility index (Phi) is 6.70. The van der Waals surface area contributed by atoms with Crippen LogP contribution in [0.2, 0.25) is 0 Å². The molecule has 0 aliphatic carbocycles. The highest BCUT2D eigenvalue weighted by atomic mass is 32.2. The fourth-order valence-corrected chi connectivity index (χ4v) is 3.36. The van der Waals surface area contributed by atoms with E-state index in [9.17, 15) is 22.8 Å². The van der Waals surface area contributed by atoms with Gasteiger partial charge in [0.2, 0.25) is 0 Å². The molecule has 1 aliphatic heterocycles. The Labute approximate surface area is 156 Å². The van der Waals surface area contributed by atoms with Crippen molar-refractivity contribution in [3.63, 3.8) is 0 Å². The average molecular weight is 396 g/mol. The first kappa shape index (κ1) is 20.6. The molecule has 1 heterocycles. The monoisotopic (exact) mass is 396 g/mol. The minimum Gasteiger partial charge on any atom is -0.478 e. The molecule has 0 spiro atoms. The number of hydrogen-bond donors (Lipinski definition) is 3. The standard InChI is InChI=1S/C17H20N2O7S/c20-15-7-8-16(21)19(15)10-4-2-1-3-9-18-12-5-6-13(17(22)23)14(11-12)27(24,25)26/h5-8,11,18H,1-4,9-10H2,(H,22,23)(H,24,25,26). The number of carbonyl (C=O) groups excluding carboxylic acids is 2. The van der Waals surface area contributed by atoms with E-state index in [0.717, 1.165) is 31.4 Å². The number of carboxylic acid groups (broad SMARTS) is 1. The molecule has 0 fully saturated rings. The summed E-state index contributed by atoms with van der Waals surface area (Å²) in [6.07, 6.45) is 5.59. The van der Waals surface area contributed by atoms with Gasteiger partial charge in [0.25, 0.3) is 21.9 Å². The molecule has 0 saturated carbocycles. The Hall–Kier alpha value is -2.72. The summed E-state index contributed by atoms with van der Waals surface area (Å²) in [6, 6.07) is 3.62. The second kappa shape index (κ2) is 8.78. The summed E-state index contributed by atoms with van der Waals surface area (Å²) in [6.45, 7) is 0.896. The summed E-state index contributed by atoms with van der Waals surface area (Å²) in [5.74, 6) is -2.03. The highest BCUT2D eigenvalue weighted by Gasteiger charge is 2.22. The minimum atomic E-state index is -4.65. The Morgan fingerprint density at radius 1 is 1.04 bits per heavy atom. The SMILES string of the molecule is O=C(O)c1ccc(NCCCCCCN2C(=O)C=CC2=O)cc1S(=O)(=O)O. The molecule has 146 valence electrons. The zero-order valence-electron chi connectivity index (χ0n) is 14.4. The quantitative estimate of drug-likeness (QED) is 0.307. The maximum absolute atomic E-state index is 11.4. The molecule has 0 bridgehead atoms. The number of carbonyl (C=O) groups is 3. The fourth-order valence-electron chi connectivity index (χ4n) is 2.66. The molecule has 3 N–H and O–H groups in total. The lowest BCUT2D eigenvalue weighted by Crippen LogP contribution is -2.30. The normalized spacial score (nSPS) is 14.0. The number of carboxylic acids is 1. The van der Waals surface area contributed by atoms with Crippen molar-refractivity contribution in [2.45, 2.75) is 30.6 Å². The highest BCUT2D eigenvalue weighted by Crippen LogP contribution is 2.21. The Balaban J connectivity index is 1.75. The van der Waals surface area contributed by atoms with Gasteiger partial charge in [-0.15, -0.1) is 0 Å². The molecular weight excluding hydrogens is 376 g/mol. The van der Waals surface area contributed by atoms with Gasteiger partial charge in [0.1, 0.15) is 4.90 Å². The third kappa shape index (κ3) is 5.63. The molecule has 2 rings (SSSR count). The largest absolute Gasteiger partial charge is 0.478 e. The summed E-state index contributed by atoms with van der Waals surface area (Å²) in [4.78, 5) is 34.3. The van der Waals surface area contributed by atoms with E-state index >= 15 is 0 Å². The molecule has 1 aromatic carbocycles. The van der Waals surface area contributed by atoms with E-state index in [1.807, 2.05) is 0 Å². The van der Waals surface area contributed by atoms with E-state index in [2.05, 4.69) is 5.32 Å². The molecule has 1 aliphatic rings. The molecule has 2 amide bonds. The van der Waals surface area contributed by atoms with Crippen LogP contribution in [0.1, 0.15) is 36.0 Å². The molecule has 27 heavy (non-hydrogen) atoms. The topological polar surface area (TPSA) is 141 Å². The third-order valence-electron chi connectivity index (χ3n) is 4.03. The van der Waals surface area contributed by atoms with Crippen LogP contribution in [0.3, 0.4) is 0 Å². The van der Waals surface area contributed by atoms with Gasteiger partial charge in [-0.25, -0.2) is 4.79 Å². The Bertz CT molecular complexity index is 859. The minimum absolute atomic E-state index is 0.291. The van der Waals surface area contributed by atoms with Crippen LogP contribution in [-0.4, -0.2) is 53.9 Å². The van der Waals surface area contributed by atoms with E-state index in [-0.39, 0.29) is 11.8 Å². The molecule has 10 heteroatoms. The summed E-state index contributed by atoms with van der Waals surface area (Å²) in [7, 11) is -4.65. The number of nitrogens with one attached hydrogen (secondary N) is 1. The van der Waals surface area contributed by atoms with Gasteiger partial charge >= 0.3 is 5.97 Å². The lowest BCUT2D eigenvalue weighted by atomic mass is 10.1. The Morgan fingerprint density at radius 2 is 1.67 bits per heavy atom. The molecule has 1 aromatic rings. The number of anilines is 1. The van der Waals surface area contributed by atoms with Crippen LogP contribution in [0.5, 0.6) is 0 Å². The summed E-state index contributed by atoms with van der Waals surface area (Å²) < 4.78 is 31.8. The maximum Gasteiger partial charge on any atom is 0.337 e. The van der Waals surface area contributed by atoms with E-state index in [4.69, 9.17) is 9.66 Å². The van der Waals surface area contributed by atoms with Crippen molar-refractivity contribution in [1.82, 2.24) is 4.90 Å². The number of nitrogens with zero attached hydrogens (tertiary/aromatic N) is 1. The smallest absolute Gasteiger partial charge is 0.337 e. The van der Waals surface area contributed by atoms with Crippen LogP contribution in [0, 0.1) is 0 Å². The average Bonchev–Trinajstić information content (AvgIpc) is 2.91. The van der Waals surface area contributed by atoms with Gasteiger partial charge in [0, 0.05) is 30.9 Å². The lowest BCUT2D eigenvalue weighted by molar-refractivity contribution is -0.136. The number of imide groups is 1. The number of benzene rings is 1. The number of aromatic carboxylic acids is 1. The molecule has 0 aromatic heterocycles. The van der Waals surface area contributed by atoms with Gasteiger partial charge in [-0.1, -0.05) is 12.8 Å². The molecule has 0 unspecified atom stereocenters. The molecule has 0 saturated heterocycles. The van der Waals surface area contributed by atoms with Crippen LogP contribution in [0.4, 0.5) is 5.69 Å². The van der Waals surface area contributed by atoms with E-state index < -0.39 is 26.5 Å². The van der Waals surface area contributed by atoms with Crippen LogP contribution >= 0.6 is 0 Å². The second-order valence-electron chi connectivity index (χ2n) is 5.99. The van der Waals surface area contributed by atoms with Gasteiger partial charge < -0.3 is 10.4 Å². The van der Waals surface area contributed by atoms with Crippen LogP contribution in [-0.2, 0) is 19.7 Å². The Morgan fingerprint density at radius 3 is 2.26 bits per heavy atom. The van der Waals surface area contributed by atoms with Crippen molar-refractivity contribution < 1.29 is 32.5 Å². The zero-order valence-corrected chi connectivity index (χ0v) is 15.2. The van der Waals surface area contributed by atoms with E-state index in [1.165, 1.54) is 23.1 Å². The number of unbranched alkanes of at least 4 members (excludes halogenated alkanes) is 3. The zero-order chi connectivity index (χ0) is 20.0. The van der Waals surface area contributed by atoms with Gasteiger partial charge in [0.05, 0.1) is 5.56 Å². The van der Waals surface area contributed by atoms with Crippen LogP contribution < -0.4 is 5.32 Å². The number of rotatable bonds is 10. The van der Waals surface area contributed by atoms with Gasteiger partial charge in [0.15, 0.2) is 0 Å². The van der Waals surface area contributed by atoms with Crippen molar-refractivity contribution in [1.29, 1.82) is 0 Å². The predicted molar refractivity (Wildman–Crippen MR) is 96.0 cm³/mol. The number of amides is 2. The van der Waals surface area contributed by atoms with Crippen molar-refractivity contribution in [2.75, 3.05) is 18.4 Å². The van der Waals surface area contributed by atoms with E-state index in [1.54, 1.807) is 0 Å². The summed E-state index contributed by atoms with van der Waals surface area (Å²) in [5, 5.41) is 12.0. The first-order valence-electron chi connectivity index (χ1n) is 8.32. The van der Waals surface area contributed by atoms with E-state index in [0.29, 0.717) is 25.2 Å². The second-order valence-corrected chi connectivity index (χ2v) is 7.38. The number of hydrogen-bond acceptors (Lipinski definition) is 6. The van der Waals surface area contributed by atoms with Crippen LogP contribution in [0.25, 0.3) is 0 Å². The highest BCUT2D eigenvalue weighted by molar-refractivity contribution is 7.86. The van der Waals surface area contributed by atoms with Crippen molar-refractivity contribution in [2.24, 2.45) is 0 Å². The van der Waals surface area contributed by atoms with Gasteiger partial charge in [-0.2, -0.15) is 8.42 Å². The fraction of sp³-hybridized carbons (Fsp3) is 0.353. The molecule has 0 atom stereocenters. The predicted octanol–water partition coefficient (Wildman–Crippen LogP) is 1.53. The van der Waals surface area contributed by atoms with Gasteiger partial charge in [-0.3, -0.25) is 19.0 Å². The van der Waals surface area contributed by atoms with Crippen molar-refractivity contribution in [3.05, 3.63) is 35.9 Å². The first-order valence-corrected chi connectivity index (χ1v) is 9.76. The van der Waals surface area contributed by atoms with Crippen molar-refractivity contribution >= 4 is 33.6 Å². The third-order valence-corrected chi connectivity index (χ3v) is 4.92. The lowest BCUT2D eigenvalue weighted by Gasteiger charge is -2.13.